The van der Waals surface area contributed by atoms with E-state index in [-0.39, 0.29) is 11.4 Å². The third kappa shape index (κ3) is 4.52. The van der Waals surface area contributed by atoms with E-state index in [1.807, 2.05) is 0 Å². The van der Waals surface area contributed by atoms with Gasteiger partial charge in [0.2, 0.25) is 11.0 Å². The van der Waals surface area contributed by atoms with Gasteiger partial charge in [-0.3, -0.25) is 4.79 Å². The normalized spacial score (nSPS) is 18.2. The Labute approximate surface area is 124 Å². The molecule has 20 heavy (non-hydrogen) atoms. The molecule has 0 aromatic carbocycles. The first-order valence-electron chi connectivity index (χ1n) is 7.38. The van der Waals surface area contributed by atoms with Crippen molar-refractivity contribution in [2.24, 2.45) is 11.7 Å². The first-order chi connectivity index (χ1) is 9.47. The Morgan fingerprint density at radius 2 is 2.05 bits per heavy atom. The lowest BCUT2D eigenvalue weighted by Gasteiger charge is -2.32. The molecule has 0 atom stereocenters. The second kappa shape index (κ2) is 6.63. The van der Waals surface area contributed by atoms with Gasteiger partial charge in [0.1, 0.15) is 5.01 Å². The van der Waals surface area contributed by atoms with Crippen LogP contribution in [0.2, 0.25) is 0 Å². The van der Waals surface area contributed by atoms with E-state index in [1.54, 1.807) is 0 Å². The van der Waals surface area contributed by atoms with Gasteiger partial charge in [-0.15, -0.1) is 10.2 Å². The number of nitrogens with one attached hydrogen (secondary N) is 1. The predicted octanol–water partition coefficient (Wildman–Crippen LogP) is 2.73. The summed E-state index contributed by atoms with van der Waals surface area (Å²) in [7, 11) is 0. The average Bonchev–Trinajstić information content (AvgIpc) is 2.75. The van der Waals surface area contributed by atoms with Gasteiger partial charge in [0, 0.05) is 18.4 Å². The van der Waals surface area contributed by atoms with Crippen molar-refractivity contribution in [3.63, 3.8) is 0 Å². The molecule has 1 fully saturated rings. The molecule has 5 nitrogen and oxygen atoms in total. The van der Waals surface area contributed by atoms with E-state index in [4.69, 9.17) is 5.73 Å². The molecule has 0 aliphatic heterocycles. The molecule has 1 aromatic heterocycles. The fraction of sp³-hybridized carbons (Fsp3) is 0.786. The quantitative estimate of drug-likeness (QED) is 0.875. The molecular formula is C14H24N4OS. The summed E-state index contributed by atoms with van der Waals surface area (Å²) in [6, 6.07) is 0. The van der Waals surface area contributed by atoms with Crippen molar-refractivity contribution in [3.8, 4) is 0 Å². The first kappa shape index (κ1) is 15.4. The van der Waals surface area contributed by atoms with Crippen molar-refractivity contribution in [2.45, 2.75) is 64.3 Å². The molecule has 1 aliphatic carbocycles. The zero-order chi connectivity index (χ0) is 14.6. The number of carbonyl (C=O) groups is 1. The number of hydrogen-bond donors (Lipinski definition) is 2. The summed E-state index contributed by atoms with van der Waals surface area (Å²) in [5, 5.41) is 12.5. The van der Waals surface area contributed by atoms with Crippen LogP contribution in [0.25, 0.3) is 0 Å². The van der Waals surface area contributed by atoms with Gasteiger partial charge in [0.15, 0.2) is 0 Å². The molecule has 6 heteroatoms. The summed E-state index contributed by atoms with van der Waals surface area (Å²) >= 11 is 1.46. The molecule has 1 amide bonds. The number of amides is 1. The number of nitrogens with zero attached hydrogens (tertiary/aromatic N) is 2. The summed E-state index contributed by atoms with van der Waals surface area (Å²) < 4.78 is 0. The maximum atomic E-state index is 12.1. The topological polar surface area (TPSA) is 80.9 Å². The molecule has 0 radical (unpaired) electrons. The molecule has 112 valence electrons. The first-order valence-corrected chi connectivity index (χ1v) is 8.20. The van der Waals surface area contributed by atoms with E-state index >= 15 is 0 Å². The molecule has 1 aromatic rings. The summed E-state index contributed by atoms with van der Waals surface area (Å²) in [6.07, 6.45) is 6.64. The van der Waals surface area contributed by atoms with Crippen LogP contribution in [-0.4, -0.2) is 21.6 Å². The number of carbonyl (C=O) groups excluding carboxylic acids is 1. The highest BCUT2D eigenvalue weighted by molar-refractivity contribution is 7.15. The van der Waals surface area contributed by atoms with Gasteiger partial charge in [-0.2, -0.15) is 0 Å². The second-order valence-corrected chi connectivity index (χ2v) is 7.31. The third-order valence-corrected chi connectivity index (χ3v) is 4.52. The second-order valence-electron chi connectivity index (χ2n) is 6.25. The average molecular weight is 296 g/mol. The fourth-order valence-electron chi connectivity index (χ4n) is 2.65. The van der Waals surface area contributed by atoms with Crippen molar-refractivity contribution in [2.75, 3.05) is 5.32 Å². The van der Waals surface area contributed by atoms with Gasteiger partial charge in [-0.05, 0) is 18.8 Å². The van der Waals surface area contributed by atoms with E-state index in [1.165, 1.54) is 17.8 Å². The van der Waals surface area contributed by atoms with Crippen LogP contribution in [-0.2, 0) is 11.2 Å². The lowest BCUT2D eigenvalue weighted by Crippen LogP contribution is -2.44. The Morgan fingerprint density at radius 3 is 2.70 bits per heavy atom. The zero-order valence-corrected chi connectivity index (χ0v) is 13.1. The molecule has 2 rings (SSSR count). The van der Waals surface area contributed by atoms with Gasteiger partial charge >= 0.3 is 0 Å². The molecule has 1 aliphatic rings. The fourth-order valence-corrected chi connectivity index (χ4v) is 3.62. The van der Waals surface area contributed by atoms with Gasteiger partial charge in [0.25, 0.3) is 0 Å². The lowest BCUT2D eigenvalue weighted by molar-refractivity contribution is -0.117. The zero-order valence-electron chi connectivity index (χ0n) is 12.3. The predicted molar refractivity (Wildman–Crippen MR) is 81.7 cm³/mol. The summed E-state index contributed by atoms with van der Waals surface area (Å²) in [5.41, 5.74) is 5.97. The van der Waals surface area contributed by atoms with Crippen molar-refractivity contribution in [1.29, 1.82) is 0 Å². The van der Waals surface area contributed by atoms with Crippen LogP contribution in [0.15, 0.2) is 0 Å². The number of anilines is 1. The van der Waals surface area contributed by atoms with E-state index < -0.39 is 0 Å². The van der Waals surface area contributed by atoms with Crippen LogP contribution in [0.1, 0.15) is 57.4 Å². The monoisotopic (exact) mass is 296 g/mol. The SMILES string of the molecule is CC(C)Cc1nnc(NC(=O)CC2(N)CCCCC2)s1. The molecule has 0 spiro atoms. The Hall–Kier alpha value is -1.01. The van der Waals surface area contributed by atoms with Gasteiger partial charge in [0.05, 0.1) is 0 Å². The lowest BCUT2D eigenvalue weighted by atomic mass is 9.80. The third-order valence-electron chi connectivity index (χ3n) is 3.66. The van der Waals surface area contributed by atoms with E-state index in [2.05, 4.69) is 29.4 Å². The van der Waals surface area contributed by atoms with E-state index in [9.17, 15) is 4.79 Å². The maximum Gasteiger partial charge on any atom is 0.228 e. The van der Waals surface area contributed by atoms with Crippen LogP contribution >= 0.6 is 11.3 Å². The molecule has 1 heterocycles. The molecule has 0 saturated heterocycles. The van der Waals surface area contributed by atoms with Crippen LogP contribution in [0.3, 0.4) is 0 Å². The van der Waals surface area contributed by atoms with Crippen LogP contribution < -0.4 is 11.1 Å². The smallest absolute Gasteiger partial charge is 0.228 e. The highest BCUT2D eigenvalue weighted by atomic mass is 32.1. The Balaban J connectivity index is 1.86. The molecule has 0 unspecified atom stereocenters. The number of nitrogens with two attached hydrogens (primary N) is 1. The molecule has 1 saturated carbocycles. The highest BCUT2D eigenvalue weighted by Gasteiger charge is 2.30. The maximum absolute atomic E-state index is 12.1. The Morgan fingerprint density at radius 1 is 1.35 bits per heavy atom. The molecule has 0 bridgehead atoms. The molecule has 3 N–H and O–H groups in total. The summed E-state index contributed by atoms with van der Waals surface area (Å²) in [6.45, 7) is 4.28. The number of hydrogen-bond acceptors (Lipinski definition) is 5. The minimum absolute atomic E-state index is 0.0401. The molecular weight excluding hydrogens is 272 g/mol. The van der Waals surface area contributed by atoms with Gasteiger partial charge in [-0.25, -0.2) is 0 Å². The summed E-state index contributed by atoms with van der Waals surface area (Å²) in [5.74, 6) is 0.502. The highest BCUT2D eigenvalue weighted by Crippen LogP contribution is 2.29. The van der Waals surface area contributed by atoms with Crippen LogP contribution in [0, 0.1) is 5.92 Å². The standard InChI is InChI=1S/C14H24N4OS/c1-10(2)8-12-17-18-13(20-12)16-11(19)9-14(15)6-4-3-5-7-14/h10H,3-9,15H2,1-2H3,(H,16,18,19). The minimum Gasteiger partial charge on any atom is -0.325 e. The largest absolute Gasteiger partial charge is 0.325 e. The van der Waals surface area contributed by atoms with Crippen molar-refractivity contribution >= 4 is 22.4 Å². The number of rotatable bonds is 5. The Kier molecular flexibility index (Phi) is 5.10. The van der Waals surface area contributed by atoms with E-state index in [0.29, 0.717) is 17.5 Å². The minimum atomic E-state index is -0.326. The van der Waals surface area contributed by atoms with Crippen molar-refractivity contribution < 1.29 is 4.79 Å². The van der Waals surface area contributed by atoms with Crippen molar-refractivity contribution in [1.82, 2.24) is 10.2 Å². The van der Waals surface area contributed by atoms with Crippen LogP contribution in [0.5, 0.6) is 0 Å². The number of aromatic nitrogens is 2. The van der Waals surface area contributed by atoms with Crippen LogP contribution in [0.4, 0.5) is 5.13 Å². The van der Waals surface area contributed by atoms with Gasteiger partial charge < -0.3 is 11.1 Å². The van der Waals surface area contributed by atoms with Crippen molar-refractivity contribution in [3.05, 3.63) is 5.01 Å². The summed E-state index contributed by atoms with van der Waals surface area (Å²) in [4.78, 5) is 12.1. The van der Waals surface area contributed by atoms with E-state index in [0.717, 1.165) is 37.1 Å². The van der Waals surface area contributed by atoms with Gasteiger partial charge in [-0.1, -0.05) is 44.4 Å². The Bertz CT molecular complexity index is 452.